The van der Waals surface area contributed by atoms with Crippen LogP contribution < -0.4 is 4.74 Å². The molecule has 0 radical (unpaired) electrons. The maximum absolute atomic E-state index is 8.99. The summed E-state index contributed by atoms with van der Waals surface area (Å²) in [5, 5.41) is 17.6. The van der Waals surface area contributed by atoms with Crippen LogP contribution in [0.3, 0.4) is 0 Å². The van der Waals surface area contributed by atoms with Crippen molar-refractivity contribution >= 4 is 0 Å². The first-order valence-electron chi connectivity index (χ1n) is 8.79. The van der Waals surface area contributed by atoms with Crippen LogP contribution >= 0.6 is 0 Å². The van der Waals surface area contributed by atoms with E-state index in [9.17, 15) is 0 Å². The van der Waals surface area contributed by atoms with E-state index in [1.165, 1.54) is 32.8 Å². The van der Waals surface area contributed by atoms with Crippen LogP contribution in [0.4, 0.5) is 0 Å². The van der Waals surface area contributed by atoms with Crippen molar-refractivity contribution in [2.75, 3.05) is 20.3 Å². The first kappa shape index (κ1) is 22.8. The van der Waals surface area contributed by atoms with E-state index in [4.69, 9.17) is 19.7 Å². The minimum absolute atomic E-state index is 0.181. The minimum Gasteiger partial charge on any atom is -0.508 e. The highest BCUT2D eigenvalue weighted by molar-refractivity contribution is 5.37. The quantitative estimate of drug-likeness (QED) is 0.658. The summed E-state index contributed by atoms with van der Waals surface area (Å²) < 4.78 is 9.98. The largest absolute Gasteiger partial charge is 0.508 e. The SMILES string of the molecule is CCCCCCOCC.COc1ccccc1O.Oc1ccccc1. The van der Waals surface area contributed by atoms with E-state index < -0.39 is 0 Å². The van der Waals surface area contributed by atoms with Gasteiger partial charge in [0.25, 0.3) is 0 Å². The topological polar surface area (TPSA) is 58.9 Å². The Morgan fingerprint density at radius 3 is 1.88 bits per heavy atom. The van der Waals surface area contributed by atoms with Gasteiger partial charge in [0.1, 0.15) is 5.75 Å². The van der Waals surface area contributed by atoms with E-state index in [0.29, 0.717) is 11.5 Å². The molecule has 0 aliphatic rings. The summed E-state index contributed by atoms with van der Waals surface area (Å²) in [4.78, 5) is 0. The number of benzene rings is 2. The highest BCUT2D eigenvalue weighted by Crippen LogP contribution is 2.23. The van der Waals surface area contributed by atoms with Crippen molar-refractivity contribution in [2.24, 2.45) is 0 Å². The van der Waals surface area contributed by atoms with Crippen molar-refractivity contribution in [3.05, 3.63) is 54.6 Å². The van der Waals surface area contributed by atoms with Gasteiger partial charge in [-0.1, -0.05) is 56.5 Å². The number of methoxy groups -OCH3 is 1. The van der Waals surface area contributed by atoms with Gasteiger partial charge in [-0.2, -0.15) is 0 Å². The van der Waals surface area contributed by atoms with Gasteiger partial charge >= 0.3 is 0 Å². The number of unbranched alkanes of at least 4 members (excludes halogenated alkanes) is 3. The Kier molecular flexibility index (Phi) is 15.2. The van der Waals surface area contributed by atoms with Gasteiger partial charge in [0.15, 0.2) is 11.5 Å². The summed E-state index contributed by atoms with van der Waals surface area (Å²) in [5.74, 6) is 1.01. The third kappa shape index (κ3) is 13.9. The second-order valence-electron chi connectivity index (χ2n) is 5.26. The molecule has 4 heteroatoms. The molecule has 0 spiro atoms. The molecule has 0 heterocycles. The molecule has 0 saturated carbocycles. The number of rotatable bonds is 7. The highest BCUT2D eigenvalue weighted by Gasteiger charge is 1.94. The van der Waals surface area contributed by atoms with E-state index in [2.05, 4.69) is 6.92 Å². The molecule has 0 unspecified atom stereocenters. The van der Waals surface area contributed by atoms with Crippen LogP contribution in [0.5, 0.6) is 17.2 Å². The second kappa shape index (κ2) is 16.7. The van der Waals surface area contributed by atoms with Gasteiger partial charge in [0, 0.05) is 13.2 Å². The first-order valence-corrected chi connectivity index (χ1v) is 8.79. The Bertz CT molecular complexity index is 508. The maximum atomic E-state index is 8.99. The summed E-state index contributed by atoms with van der Waals surface area (Å²) in [7, 11) is 1.52. The van der Waals surface area contributed by atoms with Gasteiger partial charge in [0.05, 0.1) is 7.11 Å². The molecule has 2 aromatic rings. The lowest BCUT2D eigenvalue weighted by atomic mass is 10.2. The molecule has 0 atom stereocenters. The molecule has 0 aliphatic carbocycles. The molecular formula is C21H32O4. The van der Waals surface area contributed by atoms with E-state index in [-0.39, 0.29) is 5.75 Å². The molecule has 2 N–H and O–H groups in total. The number of ether oxygens (including phenoxy) is 2. The van der Waals surface area contributed by atoms with E-state index in [0.717, 1.165) is 13.2 Å². The van der Waals surface area contributed by atoms with Crippen molar-refractivity contribution in [2.45, 2.75) is 39.5 Å². The van der Waals surface area contributed by atoms with Gasteiger partial charge in [-0.15, -0.1) is 0 Å². The fourth-order valence-electron chi connectivity index (χ4n) is 1.83. The average Bonchev–Trinajstić information content (AvgIpc) is 2.64. The lowest BCUT2D eigenvalue weighted by Gasteiger charge is -1.99. The van der Waals surface area contributed by atoms with Crippen molar-refractivity contribution in [3.8, 4) is 17.2 Å². The van der Waals surface area contributed by atoms with Gasteiger partial charge in [-0.25, -0.2) is 0 Å². The third-order valence-electron chi connectivity index (χ3n) is 3.19. The highest BCUT2D eigenvalue weighted by atomic mass is 16.5. The predicted octanol–water partition coefficient (Wildman–Crippen LogP) is 5.40. The summed E-state index contributed by atoms with van der Waals surface area (Å²) in [6.07, 6.45) is 5.23. The second-order valence-corrected chi connectivity index (χ2v) is 5.26. The van der Waals surface area contributed by atoms with Crippen LogP contribution in [0.1, 0.15) is 39.5 Å². The Labute approximate surface area is 152 Å². The number of hydrogen-bond donors (Lipinski definition) is 2. The molecule has 25 heavy (non-hydrogen) atoms. The van der Waals surface area contributed by atoms with Crippen LogP contribution in [0, 0.1) is 0 Å². The smallest absolute Gasteiger partial charge is 0.160 e. The molecule has 4 nitrogen and oxygen atoms in total. The maximum Gasteiger partial charge on any atom is 0.160 e. The predicted molar refractivity (Wildman–Crippen MR) is 103 cm³/mol. The monoisotopic (exact) mass is 348 g/mol. The van der Waals surface area contributed by atoms with Crippen LogP contribution in [-0.4, -0.2) is 30.5 Å². The molecule has 0 fully saturated rings. The van der Waals surface area contributed by atoms with Crippen molar-refractivity contribution < 1.29 is 19.7 Å². The van der Waals surface area contributed by atoms with E-state index in [1.807, 2.05) is 13.0 Å². The fraction of sp³-hybridized carbons (Fsp3) is 0.429. The lowest BCUT2D eigenvalue weighted by Crippen LogP contribution is -1.92. The molecular weight excluding hydrogens is 316 g/mol. The normalized spacial score (nSPS) is 9.24. The fourth-order valence-corrected chi connectivity index (χ4v) is 1.83. The molecule has 140 valence electrons. The number of para-hydroxylation sites is 3. The van der Waals surface area contributed by atoms with Crippen molar-refractivity contribution in [3.63, 3.8) is 0 Å². The van der Waals surface area contributed by atoms with Crippen LogP contribution in [0.2, 0.25) is 0 Å². The molecule has 2 rings (SSSR count). The van der Waals surface area contributed by atoms with Gasteiger partial charge in [-0.3, -0.25) is 0 Å². The standard InChI is InChI=1S/C8H18O.C7H8O2.C6H6O/c1-3-5-6-7-8-9-4-2;1-9-7-5-3-2-4-6(7)8;7-6-4-2-1-3-5-6/h3-8H2,1-2H3;2-5,8H,1H3;1-5,7H. The van der Waals surface area contributed by atoms with Crippen LogP contribution in [-0.2, 0) is 4.74 Å². The number of hydrogen-bond acceptors (Lipinski definition) is 4. The Balaban J connectivity index is 0.000000348. The zero-order valence-corrected chi connectivity index (χ0v) is 15.6. The number of phenolic OH excluding ortho intramolecular Hbond substituents is 2. The van der Waals surface area contributed by atoms with Crippen molar-refractivity contribution in [1.29, 1.82) is 0 Å². The minimum atomic E-state index is 0.181. The van der Waals surface area contributed by atoms with Gasteiger partial charge in [0.2, 0.25) is 0 Å². The van der Waals surface area contributed by atoms with Gasteiger partial charge in [-0.05, 0) is 37.6 Å². The van der Waals surface area contributed by atoms with E-state index in [1.54, 1.807) is 48.5 Å². The van der Waals surface area contributed by atoms with Crippen molar-refractivity contribution in [1.82, 2.24) is 0 Å². The van der Waals surface area contributed by atoms with Gasteiger partial charge < -0.3 is 19.7 Å². The Morgan fingerprint density at radius 1 is 0.800 bits per heavy atom. The van der Waals surface area contributed by atoms with E-state index >= 15 is 0 Å². The molecule has 0 saturated heterocycles. The first-order chi connectivity index (χ1) is 12.2. The Morgan fingerprint density at radius 2 is 1.44 bits per heavy atom. The molecule has 0 aromatic heterocycles. The molecule has 0 aliphatic heterocycles. The summed E-state index contributed by atoms with van der Waals surface area (Å²) in [6.45, 7) is 6.09. The third-order valence-corrected chi connectivity index (χ3v) is 3.19. The molecule has 0 amide bonds. The zero-order valence-electron chi connectivity index (χ0n) is 15.6. The number of phenols is 2. The Hall–Kier alpha value is -2.20. The van der Waals surface area contributed by atoms with Crippen LogP contribution in [0.25, 0.3) is 0 Å². The average molecular weight is 348 g/mol. The zero-order chi connectivity index (χ0) is 18.8. The number of aromatic hydroxyl groups is 2. The lowest BCUT2D eigenvalue weighted by molar-refractivity contribution is 0.143. The summed E-state index contributed by atoms with van der Waals surface area (Å²) in [6, 6.07) is 15.6. The summed E-state index contributed by atoms with van der Waals surface area (Å²) >= 11 is 0. The van der Waals surface area contributed by atoms with Crippen LogP contribution in [0.15, 0.2) is 54.6 Å². The molecule has 2 aromatic carbocycles. The summed E-state index contributed by atoms with van der Waals surface area (Å²) in [5.41, 5.74) is 0. The molecule has 0 bridgehead atoms.